The molecule has 1 fully saturated rings. The molecular formula is C9H9NO4. The van der Waals surface area contributed by atoms with Gasteiger partial charge in [0.25, 0.3) is 0 Å². The van der Waals surface area contributed by atoms with E-state index in [9.17, 15) is 10.1 Å². The molecule has 1 heterocycles. The van der Waals surface area contributed by atoms with Gasteiger partial charge in [-0.3, -0.25) is 14.9 Å². The maximum Gasteiger partial charge on any atom is 0.347 e. The largest absolute Gasteiger partial charge is 0.497 e. The summed E-state index contributed by atoms with van der Waals surface area (Å²) in [6, 6.07) is 7.10. The van der Waals surface area contributed by atoms with Crippen molar-refractivity contribution in [1.82, 2.24) is 0 Å². The van der Waals surface area contributed by atoms with Crippen molar-refractivity contribution in [3.05, 3.63) is 39.9 Å². The topological polar surface area (TPSA) is 64.9 Å². The van der Waals surface area contributed by atoms with Crippen LogP contribution in [0.15, 0.2) is 24.3 Å². The summed E-state index contributed by atoms with van der Waals surface area (Å²) >= 11 is 0. The van der Waals surface area contributed by atoms with Crippen molar-refractivity contribution in [2.75, 3.05) is 7.11 Å². The molecule has 14 heavy (non-hydrogen) atoms. The Bertz CT molecular complexity index is 366. The highest BCUT2D eigenvalue weighted by Gasteiger charge is 2.51. The lowest BCUT2D eigenvalue weighted by Crippen LogP contribution is -2.03. The molecule has 0 radical (unpaired) electrons. The molecule has 2 rings (SSSR count). The third-order valence-electron chi connectivity index (χ3n) is 2.10. The molecule has 0 aromatic heterocycles. The fraction of sp³-hybridized carbons (Fsp3) is 0.333. The Morgan fingerprint density at radius 3 is 2.93 bits per heavy atom. The molecule has 1 aliphatic rings. The first kappa shape index (κ1) is 8.96. The number of nitrogens with zero attached hydrogens (tertiary/aromatic N) is 1. The van der Waals surface area contributed by atoms with Gasteiger partial charge in [0, 0.05) is 0 Å². The third-order valence-corrected chi connectivity index (χ3v) is 2.10. The maximum absolute atomic E-state index is 10.3. The second-order valence-electron chi connectivity index (χ2n) is 3.01. The van der Waals surface area contributed by atoms with Gasteiger partial charge in [0.1, 0.15) is 5.75 Å². The Balaban J connectivity index is 2.15. The van der Waals surface area contributed by atoms with E-state index in [1.54, 1.807) is 31.4 Å². The zero-order valence-electron chi connectivity index (χ0n) is 7.54. The molecular weight excluding hydrogens is 186 g/mol. The monoisotopic (exact) mass is 195 g/mol. The van der Waals surface area contributed by atoms with Crippen LogP contribution in [-0.2, 0) is 4.74 Å². The molecule has 0 saturated carbocycles. The fourth-order valence-electron chi connectivity index (χ4n) is 1.33. The predicted octanol–water partition coefficient (Wildman–Crippen LogP) is 1.37. The number of epoxide rings is 1. The number of hydrogen-bond donors (Lipinski definition) is 0. The summed E-state index contributed by atoms with van der Waals surface area (Å²) in [5.74, 6) is 0.681. The zero-order chi connectivity index (χ0) is 10.1. The lowest BCUT2D eigenvalue weighted by molar-refractivity contribution is -0.516. The number of methoxy groups -OCH3 is 1. The Labute approximate surface area is 80.4 Å². The van der Waals surface area contributed by atoms with E-state index in [0.29, 0.717) is 5.75 Å². The number of nitro groups is 1. The molecule has 0 bridgehead atoms. The highest BCUT2D eigenvalue weighted by molar-refractivity contribution is 5.31. The van der Waals surface area contributed by atoms with Crippen molar-refractivity contribution in [3.8, 4) is 5.75 Å². The van der Waals surface area contributed by atoms with Crippen LogP contribution in [0.3, 0.4) is 0 Å². The van der Waals surface area contributed by atoms with Crippen LogP contribution in [0, 0.1) is 10.1 Å². The molecule has 0 aliphatic carbocycles. The van der Waals surface area contributed by atoms with Crippen molar-refractivity contribution in [2.45, 2.75) is 12.3 Å². The normalized spacial score (nSPS) is 24.4. The fourth-order valence-corrected chi connectivity index (χ4v) is 1.33. The summed E-state index contributed by atoms with van der Waals surface area (Å²) in [6.45, 7) is 0. The van der Waals surface area contributed by atoms with Gasteiger partial charge in [-0.25, -0.2) is 0 Å². The van der Waals surface area contributed by atoms with E-state index in [0.717, 1.165) is 5.56 Å². The van der Waals surface area contributed by atoms with Crippen molar-refractivity contribution in [1.29, 1.82) is 0 Å². The second-order valence-corrected chi connectivity index (χ2v) is 3.01. The standard InChI is InChI=1S/C9H9NO4/c1-13-7-4-2-3-6(5-7)8-9(14-8)10(11)12/h2-5,8-9H,1H3. The number of rotatable bonds is 3. The quantitative estimate of drug-likeness (QED) is 0.415. The molecule has 74 valence electrons. The molecule has 5 heteroatoms. The Hall–Kier alpha value is -1.62. The van der Waals surface area contributed by atoms with E-state index in [-0.39, 0.29) is 0 Å². The van der Waals surface area contributed by atoms with Crippen LogP contribution in [0.2, 0.25) is 0 Å². The summed E-state index contributed by atoms with van der Waals surface area (Å²) in [5.41, 5.74) is 0.783. The van der Waals surface area contributed by atoms with Crippen LogP contribution >= 0.6 is 0 Å². The zero-order valence-corrected chi connectivity index (χ0v) is 7.54. The summed E-state index contributed by atoms with van der Waals surface area (Å²) < 4.78 is 9.91. The third kappa shape index (κ3) is 1.54. The van der Waals surface area contributed by atoms with Gasteiger partial charge in [-0.15, -0.1) is 0 Å². The minimum absolute atomic E-state index is 0.417. The summed E-state index contributed by atoms with van der Waals surface area (Å²) in [6.07, 6.45) is -1.30. The second kappa shape index (κ2) is 3.26. The molecule has 1 aliphatic heterocycles. The van der Waals surface area contributed by atoms with Crippen LogP contribution in [0.4, 0.5) is 0 Å². The van der Waals surface area contributed by atoms with Gasteiger partial charge in [0.05, 0.1) is 12.0 Å². The van der Waals surface area contributed by atoms with Gasteiger partial charge in [-0.1, -0.05) is 12.1 Å². The average Bonchev–Trinajstić information content (AvgIpc) is 2.97. The molecule has 1 saturated heterocycles. The van der Waals surface area contributed by atoms with Crippen LogP contribution < -0.4 is 4.74 Å². The van der Waals surface area contributed by atoms with E-state index in [4.69, 9.17) is 9.47 Å². The van der Waals surface area contributed by atoms with Gasteiger partial charge in [-0.05, 0) is 17.7 Å². The summed E-state index contributed by atoms with van der Waals surface area (Å²) in [4.78, 5) is 9.92. The lowest BCUT2D eigenvalue weighted by atomic mass is 10.1. The first-order valence-corrected chi connectivity index (χ1v) is 4.15. The van der Waals surface area contributed by atoms with Gasteiger partial charge in [0.2, 0.25) is 0 Å². The smallest absolute Gasteiger partial charge is 0.347 e. The van der Waals surface area contributed by atoms with Crippen LogP contribution in [0.5, 0.6) is 5.75 Å². The van der Waals surface area contributed by atoms with E-state index in [1.165, 1.54) is 0 Å². The molecule has 0 spiro atoms. The van der Waals surface area contributed by atoms with Crippen molar-refractivity contribution in [2.24, 2.45) is 0 Å². The Morgan fingerprint density at radius 1 is 1.57 bits per heavy atom. The SMILES string of the molecule is COc1cccc(C2OC2[N+](=O)[O-])c1. The number of ether oxygens (including phenoxy) is 2. The van der Waals surface area contributed by atoms with Gasteiger partial charge in [-0.2, -0.15) is 0 Å². The number of hydrogen-bond acceptors (Lipinski definition) is 4. The van der Waals surface area contributed by atoms with Crippen molar-refractivity contribution in [3.63, 3.8) is 0 Å². The first-order valence-electron chi connectivity index (χ1n) is 4.15. The van der Waals surface area contributed by atoms with Crippen LogP contribution in [0.1, 0.15) is 11.7 Å². The van der Waals surface area contributed by atoms with Crippen LogP contribution in [-0.4, -0.2) is 18.3 Å². The Morgan fingerprint density at radius 2 is 2.36 bits per heavy atom. The van der Waals surface area contributed by atoms with Crippen LogP contribution in [0.25, 0.3) is 0 Å². The lowest BCUT2D eigenvalue weighted by Gasteiger charge is -1.99. The molecule has 5 nitrogen and oxygen atoms in total. The van der Waals surface area contributed by atoms with Crippen molar-refractivity contribution >= 4 is 0 Å². The minimum Gasteiger partial charge on any atom is -0.497 e. The molecule has 0 N–H and O–H groups in total. The highest BCUT2D eigenvalue weighted by atomic mass is 16.7. The van der Waals surface area contributed by atoms with Gasteiger partial charge >= 0.3 is 6.23 Å². The van der Waals surface area contributed by atoms with Gasteiger partial charge in [0.15, 0.2) is 6.10 Å². The van der Waals surface area contributed by atoms with E-state index < -0.39 is 17.3 Å². The summed E-state index contributed by atoms with van der Waals surface area (Å²) in [5, 5.41) is 10.3. The predicted molar refractivity (Wildman–Crippen MR) is 47.6 cm³/mol. The molecule has 1 aromatic carbocycles. The minimum atomic E-state index is -0.887. The molecule has 1 aromatic rings. The van der Waals surface area contributed by atoms with E-state index in [2.05, 4.69) is 0 Å². The van der Waals surface area contributed by atoms with E-state index in [1.807, 2.05) is 0 Å². The molecule has 2 atom stereocenters. The molecule has 0 amide bonds. The Kier molecular flexibility index (Phi) is 2.09. The van der Waals surface area contributed by atoms with Gasteiger partial charge < -0.3 is 4.74 Å². The number of benzene rings is 1. The van der Waals surface area contributed by atoms with E-state index >= 15 is 0 Å². The van der Waals surface area contributed by atoms with Crippen molar-refractivity contribution < 1.29 is 14.4 Å². The maximum atomic E-state index is 10.3. The molecule has 2 unspecified atom stereocenters. The first-order chi connectivity index (χ1) is 6.72. The highest BCUT2D eigenvalue weighted by Crippen LogP contribution is 2.39. The average molecular weight is 195 g/mol. The summed E-state index contributed by atoms with van der Waals surface area (Å²) in [7, 11) is 1.55.